The molecule has 0 aliphatic carbocycles. The zero-order valence-corrected chi connectivity index (χ0v) is 12.0. The summed E-state index contributed by atoms with van der Waals surface area (Å²) in [7, 11) is 5.67. The lowest BCUT2D eigenvalue weighted by atomic mass is 10.4. The molecule has 2 aromatic heterocycles. The molecule has 5 nitrogen and oxygen atoms in total. The van der Waals surface area contributed by atoms with E-state index >= 15 is 0 Å². The first-order valence-corrected chi connectivity index (χ1v) is 6.64. The van der Waals surface area contributed by atoms with E-state index in [0.29, 0.717) is 11.9 Å². The topological polar surface area (TPSA) is 45.2 Å². The Hall–Kier alpha value is -1.40. The summed E-state index contributed by atoms with van der Waals surface area (Å²) < 4.78 is 0. The second-order valence-corrected chi connectivity index (χ2v) is 5.40. The smallest absolute Gasteiger partial charge is 0.231 e. The Balaban J connectivity index is 2.21. The van der Waals surface area contributed by atoms with Gasteiger partial charge in [-0.25, -0.2) is 0 Å². The zero-order valence-electron chi connectivity index (χ0n) is 10.5. The number of thiophene rings is 1. The highest BCUT2D eigenvalue weighted by molar-refractivity contribution is 7.09. The molecule has 0 bridgehead atoms. The molecule has 0 aliphatic rings. The van der Waals surface area contributed by atoms with Crippen molar-refractivity contribution in [2.75, 3.05) is 30.9 Å². The van der Waals surface area contributed by atoms with Gasteiger partial charge in [0.15, 0.2) is 0 Å². The second-order valence-electron chi connectivity index (χ2n) is 4.03. The highest BCUT2D eigenvalue weighted by Crippen LogP contribution is 2.18. The van der Waals surface area contributed by atoms with Gasteiger partial charge in [-0.1, -0.05) is 6.07 Å². The quantitative estimate of drug-likeness (QED) is 0.861. The van der Waals surface area contributed by atoms with Crippen molar-refractivity contribution in [1.82, 2.24) is 15.0 Å². The number of hydrogen-bond donors (Lipinski definition) is 0. The summed E-state index contributed by atoms with van der Waals surface area (Å²) in [4.78, 5) is 17.6. The number of hydrogen-bond acceptors (Lipinski definition) is 6. The van der Waals surface area contributed by atoms with Crippen molar-refractivity contribution in [3.63, 3.8) is 0 Å². The third-order valence-electron chi connectivity index (χ3n) is 2.30. The second kappa shape index (κ2) is 5.49. The maximum atomic E-state index is 5.91. The van der Waals surface area contributed by atoms with Gasteiger partial charge in [-0.3, -0.25) is 0 Å². The van der Waals surface area contributed by atoms with E-state index < -0.39 is 0 Å². The van der Waals surface area contributed by atoms with E-state index in [9.17, 15) is 0 Å². The van der Waals surface area contributed by atoms with E-state index in [1.165, 1.54) is 4.88 Å². The standard InChI is InChI=1S/C11H14ClN5S/c1-16(2)10-13-9(12)14-11(15-10)17(3)7-8-5-4-6-18-8/h4-6H,7H2,1-3H3. The summed E-state index contributed by atoms with van der Waals surface area (Å²) >= 11 is 7.61. The number of aromatic nitrogens is 3. The lowest BCUT2D eigenvalue weighted by Crippen LogP contribution is -2.21. The Morgan fingerprint density at radius 1 is 1.17 bits per heavy atom. The molecule has 0 saturated heterocycles. The van der Waals surface area contributed by atoms with Gasteiger partial charge in [0.05, 0.1) is 6.54 Å². The molecule has 2 heterocycles. The minimum absolute atomic E-state index is 0.210. The van der Waals surface area contributed by atoms with Crippen LogP contribution in [0.2, 0.25) is 5.28 Å². The number of anilines is 2. The lowest BCUT2D eigenvalue weighted by molar-refractivity contribution is 0.850. The molecule has 2 aromatic rings. The first-order valence-electron chi connectivity index (χ1n) is 5.38. The summed E-state index contributed by atoms with van der Waals surface area (Å²) in [5.74, 6) is 1.13. The summed E-state index contributed by atoms with van der Waals surface area (Å²) in [5.41, 5.74) is 0. The van der Waals surface area contributed by atoms with Crippen molar-refractivity contribution in [3.8, 4) is 0 Å². The molecule has 0 aromatic carbocycles. The van der Waals surface area contributed by atoms with Crippen molar-refractivity contribution in [2.24, 2.45) is 0 Å². The molecule has 0 amide bonds. The van der Waals surface area contributed by atoms with Crippen LogP contribution in [0, 0.1) is 0 Å². The average molecular weight is 284 g/mol. The highest BCUT2D eigenvalue weighted by Gasteiger charge is 2.11. The van der Waals surface area contributed by atoms with E-state index in [1.54, 1.807) is 16.2 Å². The molecular formula is C11H14ClN5S. The van der Waals surface area contributed by atoms with E-state index in [0.717, 1.165) is 6.54 Å². The van der Waals surface area contributed by atoms with Gasteiger partial charge < -0.3 is 9.80 Å². The first-order chi connectivity index (χ1) is 8.56. The molecule has 96 valence electrons. The van der Waals surface area contributed by atoms with Gasteiger partial charge in [0.2, 0.25) is 17.2 Å². The third-order valence-corrected chi connectivity index (χ3v) is 3.33. The van der Waals surface area contributed by atoms with Crippen LogP contribution in [-0.2, 0) is 6.54 Å². The van der Waals surface area contributed by atoms with Crippen LogP contribution < -0.4 is 9.80 Å². The maximum Gasteiger partial charge on any atom is 0.231 e. The average Bonchev–Trinajstić information content (AvgIpc) is 2.80. The Bertz CT molecular complexity index is 514. The first kappa shape index (κ1) is 13.0. The lowest BCUT2D eigenvalue weighted by Gasteiger charge is -2.18. The Kier molecular flexibility index (Phi) is 3.98. The molecule has 0 unspecified atom stereocenters. The maximum absolute atomic E-state index is 5.91. The fraction of sp³-hybridized carbons (Fsp3) is 0.364. The van der Waals surface area contributed by atoms with Crippen LogP contribution in [0.15, 0.2) is 17.5 Å². The molecule has 2 rings (SSSR count). The van der Waals surface area contributed by atoms with Gasteiger partial charge in [-0.05, 0) is 23.0 Å². The summed E-state index contributed by atoms with van der Waals surface area (Å²) in [5, 5.41) is 2.26. The van der Waals surface area contributed by atoms with Crippen molar-refractivity contribution < 1.29 is 0 Å². The van der Waals surface area contributed by atoms with Gasteiger partial charge >= 0.3 is 0 Å². The molecule has 18 heavy (non-hydrogen) atoms. The fourth-order valence-corrected chi connectivity index (χ4v) is 2.32. The molecule has 0 N–H and O–H groups in total. The summed E-state index contributed by atoms with van der Waals surface area (Å²) in [6, 6.07) is 4.11. The molecule has 0 spiro atoms. The fourth-order valence-electron chi connectivity index (χ4n) is 1.41. The van der Waals surface area contributed by atoms with Gasteiger partial charge in [-0.2, -0.15) is 15.0 Å². The van der Waals surface area contributed by atoms with Gasteiger partial charge in [0.1, 0.15) is 0 Å². The molecule has 0 atom stereocenters. The van der Waals surface area contributed by atoms with Crippen LogP contribution >= 0.6 is 22.9 Å². The van der Waals surface area contributed by atoms with Crippen LogP contribution in [0.5, 0.6) is 0 Å². The molecule has 0 saturated carbocycles. The van der Waals surface area contributed by atoms with Crippen LogP contribution in [0.25, 0.3) is 0 Å². The highest BCUT2D eigenvalue weighted by atomic mass is 35.5. The molecule has 0 radical (unpaired) electrons. The van der Waals surface area contributed by atoms with Crippen LogP contribution in [0.3, 0.4) is 0 Å². The van der Waals surface area contributed by atoms with Crippen molar-refractivity contribution in [3.05, 3.63) is 27.7 Å². The Labute approximate surface area is 115 Å². The molecule has 0 aliphatic heterocycles. The van der Waals surface area contributed by atoms with Crippen molar-refractivity contribution >= 4 is 34.8 Å². The zero-order chi connectivity index (χ0) is 13.1. The third kappa shape index (κ3) is 3.08. The predicted octanol–water partition coefficient (Wildman–Crippen LogP) is 2.29. The van der Waals surface area contributed by atoms with E-state index in [2.05, 4.69) is 26.4 Å². The number of halogens is 1. The SMILES string of the molecule is CN(C)c1nc(Cl)nc(N(C)Cc2cccs2)n1. The van der Waals surface area contributed by atoms with Crippen molar-refractivity contribution in [2.45, 2.75) is 6.54 Å². The number of nitrogens with zero attached hydrogens (tertiary/aromatic N) is 5. The van der Waals surface area contributed by atoms with E-state index in [-0.39, 0.29) is 5.28 Å². The predicted molar refractivity (Wildman–Crippen MR) is 75.6 cm³/mol. The Morgan fingerprint density at radius 3 is 2.50 bits per heavy atom. The van der Waals surface area contributed by atoms with Gasteiger partial charge in [0.25, 0.3) is 0 Å². The van der Waals surface area contributed by atoms with Crippen molar-refractivity contribution in [1.29, 1.82) is 0 Å². The normalized spacial score (nSPS) is 10.4. The number of rotatable bonds is 4. The summed E-state index contributed by atoms with van der Waals surface area (Å²) in [6.07, 6.45) is 0. The molecular weight excluding hydrogens is 270 g/mol. The van der Waals surface area contributed by atoms with Crippen LogP contribution in [-0.4, -0.2) is 36.1 Å². The van der Waals surface area contributed by atoms with Gasteiger partial charge in [-0.15, -0.1) is 11.3 Å². The van der Waals surface area contributed by atoms with E-state index in [1.807, 2.05) is 32.1 Å². The minimum Gasteiger partial charge on any atom is -0.347 e. The monoisotopic (exact) mass is 283 g/mol. The van der Waals surface area contributed by atoms with Crippen LogP contribution in [0.1, 0.15) is 4.88 Å². The van der Waals surface area contributed by atoms with E-state index in [4.69, 9.17) is 11.6 Å². The van der Waals surface area contributed by atoms with Gasteiger partial charge in [0, 0.05) is 26.0 Å². The Morgan fingerprint density at radius 2 is 1.89 bits per heavy atom. The van der Waals surface area contributed by atoms with Crippen LogP contribution in [0.4, 0.5) is 11.9 Å². The molecule has 0 fully saturated rings. The minimum atomic E-state index is 0.210. The molecule has 7 heteroatoms. The summed E-state index contributed by atoms with van der Waals surface area (Å²) in [6.45, 7) is 0.755. The largest absolute Gasteiger partial charge is 0.347 e.